The van der Waals surface area contributed by atoms with Crippen molar-refractivity contribution in [1.82, 2.24) is 14.3 Å². The Morgan fingerprint density at radius 3 is 2.42 bits per heavy atom. The SMILES string of the molecule is Cc1nc(S(=O)(=O)NCCC(=O)OC(C)C(=O)Nc2ccccc2-c2ccccc2)cn1C. The lowest BCUT2D eigenvalue weighted by Gasteiger charge is -2.16. The van der Waals surface area contributed by atoms with Crippen LogP contribution in [-0.4, -0.2) is 42.5 Å². The van der Waals surface area contributed by atoms with Crippen LogP contribution in [-0.2, 0) is 31.4 Å². The molecule has 174 valence electrons. The second kappa shape index (κ2) is 10.4. The van der Waals surface area contributed by atoms with Crippen LogP contribution in [0.25, 0.3) is 11.1 Å². The van der Waals surface area contributed by atoms with E-state index >= 15 is 0 Å². The van der Waals surface area contributed by atoms with Crippen molar-refractivity contribution in [2.45, 2.75) is 31.4 Å². The molecular weight excluding hydrogens is 444 g/mol. The highest BCUT2D eigenvalue weighted by Gasteiger charge is 2.21. The molecule has 0 radical (unpaired) electrons. The first kappa shape index (κ1) is 24.1. The van der Waals surface area contributed by atoms with Gasteiger partial charge in [0.05, 0.1) is 6.42 Å². The summed E-state index contributed by atoms with van der Waals surface area (Å²) in [5.74, 6) is -0.645. The lowest BCUT2D eigenvalue weighted by Crippen LogP contribution is -2.32. The average molecular weight is 471 g/mol. The van der Waals surface area contributed by atoms with Gasteiger partial charge in [-0.05, 0) is 25.5 Å². The Morgan fingerprint density at radius 2 is 1.76 bits per heavy atom. The summed E-state index contributed by atoms with van der Waals surface area (Å²) in [5.41, 5.74) is 2.37. The van der Waals surface area contributed by atoms with Crippen LogP contribution in [0.1, 0.15) is 19.2 Å². The van der Waals surface area contributed by atoms with Gasteiger partial charge in [0.1, 0.15) is 5.82 Å². The predicted molar refractivity (Wildman–Crippen MR) is 124 cm³/mol. The number of anilines is 1. The number of carbonyl (C=O) groups excluding carboxylic acids is 2. The Morgan fingerprint density at radius 1 is 1.09 bits per heavy atom. The number of imidazole rings is 1. The fraction of sp³-hybridized carbons (Fsp3) is 0.261. The van der Waals surface area contributed by atoms with Crippen LogP contribution in [0.2, 0.25) is 0 Å². The minimum atomic E-state index is -3.84. The number of hydrogen-bond donors (Lipinski definition) is 2. The highest BCUT2D eigenvalue weighted by molar-refractivity contribution is 7.89. The second-order valence-corrected chi connectivity index (χ2v) is 9.13. The normalized spacial score (nSPS) is 12.2. The summed E-state index contributed by atoms with van der Waals surface area (Å²) in [6, 6.07) is 16.9. The van der Waals surface area contributed by atoms with Gasteiger partial charge in [0.25, 0.3) is 15.9 Å². The van der Waals surface area contributed by atoms with Crippen LogP contribution < -0.4 is 10.0 Å². The summed E-state index contributed by atoms with van der Waals surface area (Å²) in [4.78, 5) is 28.7. The lowest BCUT2D eigenvalue weighted by atomic mass is 10.0. The monoisotopic (exact) mass is 470 g/mol. The van der Waals surface area contributed by atoms with Gasteiger partial charge in [-0.3, -0.25) is 9.59 Å². The molecule has 0 aliphatic heterocycles. The van der Waals surface area contributed by atoms with Gasteiger partial charge in [-0.15, -0.1) is 0 Å². The van der Waals surface area contributed by atoms with E-state index in [4.69, 9.17) is 4.74 Å². The van der Waals surface area contributed by atoms with Crippen molar-refractivity contribution in [3.8, 4) is 11.1 Å². The number of carbonyl (C=O) groups is 2. The molecule has 1 unspecified atom stereocenters. The number of hydrogen-bond acceptors (Lipinski definition) is 6. The van der Waals surface area contributed by atoms with Crippen LogP contribution >= 0.6 is 0 Å². The lowest BCUT2D eigenvalue weighted by molar-refractivity contribution is -0.152. The Balaban J connectivity index is 1.53. The third-order valence-electron chi connectivity index (χ3n) is 4.93. The van der Waals surface area contributed by atoms with Gasteiger partial charge in [0.15, 0.2) is 11.1 Å². The number of nitrogens with one attached hydrogen (secondary N) is 2. The maximum absolute atomic E-state index is 12.6. The summed E-state index contributed by atoms with van der Waals surface area (Å²) in [6.07, 6.45) is 0.0928. The van der Waals surface area contributed by atoms with Crippen LogP contribution in [0.3, 0.4) is 0 Å². The van der Waals surface area contributed by atoms with Gasteiger partial charge in [-0.2, -0.15) is 0 Å². The van der Waals surface area contributed by atoms with Crippen LogP contribution in [0.4, 0.5) is 5.69 Å². The predicted octanol–water partition coefficient (Wildman–Crippen LogP) is 2.63. The molecule has 10 heteroatoms. The molecule has 1 aromatic heterocycles. The van der Waals surface area contributed by atoms with Crippen molar-refractivity contribution in [1.29, 1.82) is 0 Å². The molecule has 0 aliphatic carbocycles. The van der Waals surface area contributed by atoms with Crippen molar-refractivity contribution in [3.63, 3.8) is 0 Å². The maximum atomic E-state index is 12.6. The average Bonchev–Trinajstić information content (AvgIpc) is 3.13. The molecular formula is C23H26N4O5S. The summed E-state index contributed by atoms with van der Waals surface area (Å²) in [6.45, 7) is 2.96. The summed E-state index contributed by atoms with van der Waals surface area (Å²) in [7, 11) is -2.16. The first-order valence-electron chi connectivity index (χ1n) is 10.3. The molecule has 9 nitrogen and oxygen atoms in total. The van der Waals surface area contributed by atoms with E-state index in [1.54, 1.807) is 30.7 Å². The Bertz CT molecular complexity index is 1220. The fourth-order valence-corrected chi connectivity index (χ4v) is 4.09. The molecule has 2 N–H and O–H groups in total. The number of aromatic nitrogens is 2. The number of ether oxygens (including phenoxy) is 1. The summed E-state index contributed by atoms with van der Waals surface area (Å²) < 4.78 is 33.6. The van der Waals surface area contributed by atoms with Gasteiger partial charge < -0.3 is 14.6 Å². The van der Waals surface area contributed by atoms with Crippen molar-refractivity contribution in [2.75, 3.05) is 11.9 Å². The molecule has 0 saturated heterocycles. The zero-order valence-corrected chi connectivity index (χ0v) is 19.4. The van der Waals surface area contributed by atoms with Crippen LogP contribution in [0.15, 0.2) is 65.8 Å². The number of sulfonamides is 1. The molecule has 3 rings (SSSR count). The van der Waals surface area contributed by atoms with E-state index in [2.05, 4.69) is 15.0 Å². The van der Waals surface area contributed by atoms with Crippen LogP contribution in [0.5, 0.6) is 0 Å². The molecule has 3 aromatic rings. The fourth-order valence-electron chi connectivity index (χ4n) is 3.02. The van der Waals surface area contributed by atoms with Gasteiger partial charge in [-0.1, -0.05) is 48.5 Å². The van der Waals surface area contributed by atoms with Crippen molar-refractivity contribution < 1.29 is 22.7 Å². The van der Waals surface area contributed by atoms with E-state index < -0.39 is 28.0 Å². The number of para-hydroxylation sites is 1. The van der Waals surface area contributed by atoms with Crippen molar-refractivity contribution in [2.24, 2.45) is 7.05 Å². The Hall–Kier alpha value is -3.50. The number of nitrogens with zero attached hydrogens (tertiary/aromatic N) is 2. The van der Waals surface area contributed by atoms with Gasteiger partial charge >= 0.3 is 5.97 Å². The topological polar surface area (TPSA) is 119 Å². The quantitative estimate of drug-likeness (QED) is 0.464. The second-order valence-electron chi connectivity index (χ2n) is 7.42. The number of aryl methyl sites for hydroxylation is 2. The van der Waals surface area contributed by atoms with Gasteiger partial charge in [0.2, 0.25) is 0 Å². The molecule has 1 atom stereocenters. The highest BCUT2D eigenvalue weighted by atomic mass is 32.2. The Kier molecular flexibility index (Phi) is 7.62. The molecule has 0 aliphatic rings. The molecule has 1 heterocycles. The number of benzene rings is 2. The van der Waals surface area contributed by atoms with E-state index in [0.717, 1.165) is 11.1 Å². The van der Waals surface area contributed by atoms with Crippen LogP contribution in [0, 0.1) is 6.92 Å². The van der Waals surface area contributed by atoms with E-state index in [-0.39, 0.29) is 18.0 Å². The molecule has 0 bridgehead atoms. The number of rotatable bonds is 9. The molecule has 0 fully saturated rings. The highest BCUT2D eigenvalue weighted by Crippen LogP contribution is 2.27. The van der Waals surface area contributed by atoms with Gasteiger partial charge in [0, 0.05) is 31.0 Å². The minimum absolute atomic E-state index is 0.124. The molecule has 0 spiro atoms. The van der Waals surface area contributed by atoms with E-state index in [1.165, 1.54) is 13.1 Å². The largest absolute Gasteiger partial charge is 0.452 e. The molecule has 2 aromatic carbocycles. The Labute approximate surface area is 192 Å². The van der Waals surface area contributed by atoms with Gasteiger partial charge in [-0.25, -0.2) is 18.1 Å². The van der Waals surface area contributed by atoms with E-state index in [9.17, 15) is 18.0 Å². The molecule has 1 amide bonds. The summed E-state index contributed by atoms with van der Waals surface area (Å²) >= 11 is 0. The standard InChI is InChI=1S/C23H26N4O5S/c1-16(23(29)26-20-12-8-7-11-19(20)18-9-5-4-6-10-18)32-22(28)13-14-24-33(30,31)21-15-27(3)17(2)25-21/h4-12,15-16,24H,13-14H2,1-3H3,(H,26,29). The van der Waals surface area contributed by atoms with E-state index in [0.29, 0.717) is 11.5 Å². The number of esters is 1. The number of amides is 1. The first-order valence-corrected chi connectivity index (χ1v) is 11.8. The first-order chi connectivity index (χ1) is 15.7. The van der Waals surface area contributed by atoms with E-state index in [1.807, 2.05) is 42.5 Å². The smallest absolute Gasteiger partial charge is 0.307 e. The van der Waals surface area contributed by atoms with Crippen molar-refractivity contribution >= 4 is 27.6 Å². The third kappa shape index (κ3) is 6.27. The third-order valence-corrected chi connectivity index (χ3v) is 6.26. The molecule has 33 heavy (non-hydrogen) atoms. The minimum Gasteiger partial charge on any atom is -0.452 e. The molecule has 0 saturated carbocycles. The van der Waals surface area contributed by atoms with Crippen molar-refractivity contribution in [3.05, 3.63) is 66.6 Å². The zero-order chi connectivity index (χ0) is 24.0. The zero-order valence-electron chi connectivity index (χ0n) is 18.6. The maximum Gasteiger partial charge on any atom is 0.307 e. The summed E-state index contributed by atoms with van der Waals surface area (Å²) in [5, 5.41) is 2.66.